The van der Waals surface area contributed by atoms with Gasteiger partial charge in [0, 0.05) is 6.04 Å². The van der Waals surface area contributed by atoms with E-state index in [2.05, 4.69) is 21.7 Å². The summed E-state index contributed by atoms with van der Waals surface area (Å²) in [6.45, 7) is 0. The normalized spacial score (nSPS) is 28.6. The minimum absolute atomic E-state index is 0.109. The zero-order chi connectivity index (χ0) is 17.4. The molecule has 25 heavy (non-hydrogen) atoms. The summed E-state index contributed by atoms with van der Waals surface area (Å²) >= 11 is 0. The SMILES string of the molecule is NC1CCC(n2cc(C(=O)N[C@H]3Cc4ccccc4[C@@H]3N)nn2)CC1. The number of nitrogens with one attached hydrogen (secondary N) is 1. The van der Waals surface area contributed by atoms with Crippen molar-refractivity contribution in [3.63, 3.8) is 0 Å². The molecule has 1 saturated carbocycles. The minimum Gasteiger partial charge on any atom is -0.346 e. The van der Waals surface area contributed by atoms with Crippen LogP contribution >= 0.6 is 0 Å². The Hall–Kier alpha value is -2.25. The van der Waals surface area contributed by atoms with E-state index in [-0.39, 0.29) is 30.1 Å². The predicted molar refractivity (Wildman–Crippen MR) is 93.8 cm³/mol. The van der Waals surface area contributed by atoms with Crippen molar-refractivity contribution >= 4 is 5.91 Å². The molecule has 0 spiro atoms. The number of fused-ring (bicyclic) bond motifs is 1. The van der Waals surface area contributed by atoms with Crippen LogP contribution in [-0.2, 0) is 6.42 Å². The Kier molecular flexibility index (Phi) is 4.27. The molecule has 1 fully saturated rings. The van der Waals surface area contributed by atoms with Crippen LogP contribution < -0.4 is 16.8 Å². The monoisotopic (exact) mass is 340 g/mol. The zero-order valence-electron chi connectivity index (χ0n) is 14.1. The lowest BCUT2D eigenvalue weighted by molar-refractivity contribution is 0.0928. The van der Waals surface area contributed by atoms with Gasteiger partial charge in [0.15, 0.2) is 5.69 Å². The highest BCUT2D eigenvalue weighted by molar-refractivity contribution is 5.92. The fraction of sp³-hybridized carbons (Fsp3) is 0.500. The zero-order valence-corrected chi connectivity index (χ0v) is 14.1. The molecule has 7 heteroatoms. The van der Waals surface area contributed by atoms with Gasteiger partial charge in [-0.15, -0.1) is 5.10 Å². The van der Waals surface area contributed by atoms with Crippen LogP contribution in [0.25, 0.3) is 0 Å². The Morgan fingerprint density at radius 2 is 1.92 bits per heavy atom. The molecule has 2 aliphatic rings. The highest BCUT2D eigenvalue weighted by atomic mass is 16.2. The van der Waals surface area contributed by atoms with Gasteiger partial charge in [-0.1, -0.05) is 29.5 Å². The van der Waals surface area contributed by atoms with E-state index in [4.69, 9.17) is 11.5 Å². The minimum atomic E-state index is -0.216. The lowest BCUT2D eigenvalue weighted by atomic mass is 9.92. The van der Waals surface area contributed by atoms with Gasteiger partial charge in [0.2, 0.25) is 0 Å². The molecular weight excluding hydrogens is 316 g/mol. The summed E-state index contributed by atoms with van der Waals surface area (Å²) in [5, 5.41) is 11.2. The summed E-state index contributed by atoms with van der Waals surface area (Å²) in [6.07, 6.45) is 6.42. The van der Waals surface area contributed by atoms with E-state index in [1.807, 2.05) is 22.9 Å². The molecule has 2 atom stereocenters. The summed E-state index contributed by atoms with van der Waals surface area (Å²) in [4.78, 5) is 12.5. The van der Waals surface area contributed by atoms with Crippen molar-refractivity contribution in [1.29, 1.82) is 0 Å². The smallest absolute Gasteiger partial charge is 0.273 e. The van der Waals surface area contributed by atoms with Gasteiger partial charge in [-0.3, -0.25) is 4.79 Å². The van der Waals surface area contributed by atoms with E-state index in [9.17, 15) is 4.79 Å². The molecule has 0 bridgehead atoms. The van der Waals surface area contributed by atoms with Crippen molar-refractivity contribution in [2.24, 2.45) is 11.5 Å². The molecule has 0 unspecified atom stereocenters. The molecule has 7 nitrogen and oxygen atoms in total. The first kappa shape index (κ1) is 16.2. The first-order chi connectivity index (χ1) is 12.1. The van der Waals surface area contributed by atoms with E-state index >= 15 is 0 Å². The lowest BCUT2D eigenvalue weighted by Crippen LogP contribution is -2.40. The standard InChI is InChI=1S/C18H24N6O/c19-12-5-7-13(8-6-12)24-10-16(22-23-24)18(25)21-15-9-11-3-1-2-4-14(11)17(15)20/h1-4,10,12-13,15,17H,5-9,19-20H2,(H,21,25)/t12?,13?,15-,17-/m0/s1. The van der Waals surface area contributed by atoms with E-state index < -0.39 is 0 Å². The van der Waals surface area contributed by atoms with Crippen molar-refractivity contribution in [3.8, 4) is 0 Å². The van der Waals surface area contributed by atoms with Crippen molar-refractivity contribution < 1.29 is 4.79 Å². The van der Waals surface area contributed by atoms with Crippen LogP contribution in [0.4, 0.5) is 0 Å². The average molecular weight is 340 g/mol. The Morgan fingerprint density at radius 1 is 1.16 bits per heavy atom. The molecule has 0 radical (unpaired) electrons. The van der Waals surface area contributed by atoms with Crippen LogP contribution in [0.1, 0.15) is 59.4 Å². The maximum Gasteiger partial charge on any atom is 0.273 e. The maximum atomic E-state index is 12.5. The molecule has 2 aromatic rings. The molecule has 0 saturated heterocycles. The molecular formula is C18H24N6O. The van der Waals surface area contributed by atoms with Gasteiger partial charge in [0.25, 0.3) is 5.91 Å². The average Bonchev–Trinajstić information content (AvgIpc) is 3.22. The molecule has 4 rings (SSSR count). The van der Waals surface area contributed by atoms with Crippen molar-refractivity contribution in [3.05, 3.63) is 47.3 Å². The number of benzene rings is 1. The molecule has 2 aliphatic carbocycles. The molecule has 5 N–H and O–H groups in total. The first-order valence-electron chi connectivity index (χ1n) is 8.93. The third-order valence-electron chi connectivity index (χ3n) is 5.46. The van der Waals surface area contributed by atoms with Crippen LogP contribution in [0, 0.1) is 0 Å². The number of amides is 1. The fourth-order valence-corrected chi connectivity index (χ4v) is 3.93. The molecule has 0 aliphatic heterocycles. The Balaban J connectivity index is 1.41. The van der Waals surface area contributed by atoms with Crippen LogP contribution in [0.15, 0.2) is 30.5 Å². The van der Waals surface area contributed by atoms with Gasteiger partial charge >= 0.3 is 0 Å². The summed E-state index contributed by atoms with van der Waals surface area (Å²) in [5.74, 6) is -0.216. The number of nitrogens with two attached hydrogens (primary N) is 2. The van der Waals surface area contributed by atoms with E-state index in [1.54, 1.807) is 6.20 Å². The Labute approximate surface area is 146 Å². The summed E-state index contributed by atoms with van der Waals surface area (Å²) < 4.78 is 1.81. The lowest BCUT2D eigenvalue weighted by Gasteiger charge is -2.25. The quantitative estimate of drug-likeness (QED) is 0.774. The maximum absolute atomic E-state index is 12.5. The van der Waals surface area contributed by atoms with E-state index in [1.165, 1.54) is 5.56 Å². The molecule has 1 aromatic heterocycles. The van der Waals surface area contributed by atoms with Crippen LogP contribution in [0.2, 0.25) is 0 Å². The number of aromatic nitrogens is 3. The van der Waals surface area contributed by atoms with Crippen LogP contribution in [0.5, 0.6) is 0 Å². The van der Waals surface area contributed by atoms with E-state index in [0.29, 0.717) is 5.69 Å². The molecule has 1 heterocycles. The number of nitrogens with zero attached hydrogens (tertiary/aromatic N) is 3. The molecule has 132 valence electrons. The van der Waals surface area contributed by atoms with Crippen molar-refractivity contribution in [2.45, 2.75) is 56.3 Å². The van der Waals surface area contributed by atoms with Gasteiger partial charge in [-0.2, -0.15) is 0 Å². The second-order valence-corrected chi connectivity index (χ2v) is 7.16. The van der Waals surface area contributed by atoms with E-state index in [0.717, 1.165) is 37.7 Å². The van der Waals surface area contributed by atoms with Gasteiger partial charge in [-0.05, 0) is 43.2 Å². The fourth-order valence-electron chi connectivity index (χ4n) is 3.93. The third kappa shape index (κ3) is 3.17. The highest BCUT2D eigenvalue weighted by Gasteiger charge is 2.31. The second kappa shape index (κ2) is 6.57. The summed E-state index contributed by atoms with van der Waals surface area (Å²) in [7, 11) is 0. The van der Waals surface area contributed by atoms with Crippen molar-refractivity contribution in [1.82, 2.24) is 20.3 Å². The summed E-state index contributed by atoms with van der Waals surface area (Å²) in [5.41, 5.74) is 14.9. The number of rotatable bonds is 3. The molecule has 1 aromatic carbocycles. The van der Waals surface area contributed by atoms with Gasteiger partial charge in [0.05, 0.1) is 24.3 Å². The number of carbonyl (C=O) groups excluding carboxylic acids is 1. The van der Waals surface area contributed by atoms with Gasteiger partial charge in [-0.25, -0.2) is 4.68 Å². The predicted octanol–water partition coefficient (Wildman–Crippen LogP) is 1.07. The summed E-state index contributed by atoms with van der Waals surface area (Å²) in [6, 6.07) is 8.33. The molecule has 1 amide bonds. The topological polar surface area (TPSA) is 112 Å². The first-order valence-corrected chi connectivity index (χ1v) is 8.93. The Morgan fingerprint density at radius 3 is 2.68 bits per heavy atom. The number of carbonyl (C=O) groups is 1. The second-order valence-electron chi connectivity index (χ2n) is 7.16. The largest absolute Gasteiger partial charge is 0.346 e. The van der Waals surface area contributed by atoms with Gasteiger partial charge in [0.1, 0.15) is 0 Å². The highest BCUT2D eigenvalue weighted by Crippen LogP contribution is 2.30. The Bertz CT molecular complexity index is 764. The van der Waals surface area contributed by atoms with Crippen LogP contribution in [0.3, 0.4) is 0 Å². The van der Waals surface area contributed by atoms with Gasteiger partial charge < -0.3 is 16.8 Å². The third-order valence-corrected chi connectivity index (χ3v) is 5.46. The number of hydrogen-bond acceptors (Lipinski definition) is 5. The van der Waals surface area contributed by atoms with Crippen LogP contribution in [-0.4, -0.2) is 33.0 Å². The van der Waals surface area contributed by atoms with Crippen molar-refractivity contribution in [2.75, 3.05) is 0 Å². The number of hydrogen-bond donors (Lipinski definition) is 3.